The van der Waals surface area contributed by atoms with Crippen LogP contribution in [0.4, 0.5) is 4.79 Å². The summed E-state index contributed by atoms with van der Waals surface area (Å²) >= 11 is 0. The van der Waals surface area contributed by atoms with Gasteiger partial charge in [0.2, 0.25) is 6.10 Å². The van der Waals surface area contributed by atoms with E-state index in [9.17, 15) is 14.4 Å². The van der Waals surface area contributed by atoms with E-state index in [4.69, 9.17) is 4.74 Å². The highest BCUT2D eigenvalue weighted by atomic mass is 16.5. The van der Waals surface area contributed by atoms with Gasteiger partial charge >= 0.3 is 6.03 Å². The number of imide groups is 2. The van der Waals surface area contributed by atoms with E-state index >= 15 is 0 Å². The number of hydrogen-bond donors (Lipinski definition) is 2. The van der Waals surface area contributed by atoms with Crippen LogP contribution in [-0.2, 0) is 14.3 Å². The molecule has 0 atom stereocenters. The lowest BCUT2D eigenvalue weighted by Gasteiger charge is -2.19. The molecule has 6 heteroatoms. The molecule has 1 rings (SSSR count). The lowest BCUT2D eigenvalue weighted by atomic mass is 10.3. The Kier molecular flexibility index (Phi) is 2.39. The summed E-state index contributed by atoms with van der Waals surface area (Å²) < 4.78 is 4.78. The predicted octanol–water partition coefficient (Wildman–Crippen LogP) is -1.24. The minimum atomic E-state index is -1.20. The van der Waals surface area contributed by atoms with Crippen LogP contribution in [0.2, 0.25) is 0 Å². The minimum absolute atomic E-state index is 0.236. The maximum Gasteiger partial charge on any atom is 0.328 e. The van der Waals surface area contributed by atoms with Gasteiger partial charge in [-0.15, -0.1) is 0 Å². The number of barbiturate groups is 1. The largest absolute Gasteiger partial charge is 0.359 e. The molecular weight excluding hydrogens is 164 g/mol. The number of carbonyl (C=O) groups excluding carboxylic acids is 3. The first-order valence-corrected chi connectivity index (χ1v) is 3.42. The van der Waals surface area contributed by atoms with Crippen LogP contribution < -0.4 is 10.6 Å². The van der Waals surface area contributed by atoms with E-state index in [1.165, 1.54) is 0 Å². The average Bonchev–Trinajstić information content (AvgIpc) is 1.96. The predicted molar refractivity (Wildman–Crippen MR) is 37.1 cm³/mol. The molecule has 1 aliphatic heterocycles. The third-order valence-electron chi connectivity index (χ3n) is 1.28. The molecule has 1 fully saturated rings. The Bertz CT molecular complexity index is 218. The van der Waals surface area contributed by atoms with Gasteiger partial charge in [0.25, 0.3) is 11.8 Å². The molecule has 0 spiro atoms. The topological polar surface area (TPSA) is 84.5 Å². The van der Waals surface area contributed by atoms with Gasteiger partial charge in [-0.05, 0) is 6.92 Å². The van der Waals surface area contributed by atoms with Crippen molar-refractivity contribution in [2.75, 3.05) is 6.61 Å². The summed E-state index contributed by atoms with van der Waals surface area (Å²) in [6.07, 6.45) is -1.20. The van der Waals surface area contributed by atoms with Gasteiger partial charge in [-0.1, -0.05) is 0 Å². The minimum Gasteiger partial charge on any atom is -0.359 e. The van der Waals surface area contributed by atoms with Crippen molar-refractivity contribution in [3.05, 3.63) is 0 Å². The van der Waals surface area contributed by atoms with Crippen LogP contribution in [0, 0.1) is 0 Å². The van der Waals surface area contributed by atoms with E-state index in [2.05, 4.69) is 0 Å². The van der Waals surface area contributed by atoms with Crippen molar-refractivity contribution in [2.24, 2.45) is 0 Å². The molecule has 6 nitrogen and oxygen atoms in total. The van der Waals surface area contributed by atoms with Crippen LogP contribution in [0.15, 0.2) is 0 Å². The molecule has 0 aromatic carbocycles. The fourth-order valence-corrected chi connectivity index (χ4v) is 0.823. The SMILES string of the molecule is CCOC1C(=O)NC(=O)NC1=O. The van der Waals surface area contributed by atoms with Crippen molar-refractivity contribution < 1.29 is 19.1 Å². The van der Waals surface area contributed by atoms with E-state index in [0.29, 0.717) is 0 Å². The summed E-state index contributed by atoms with van der Waals surface area (Å²) in [5.41, 5.74) is 0. The van der Waals surface area contributed by atoms with Crippen LogP contribution in [0.3, 0.4) is 0 Å². The highest BCUT2D eigenvalue weighted by molar-refractivity contribution is 6.18. The molecule has 2 N–H and O–H groups in total. The van der Waals surface area contributed by atoms with Crippen LogP contribution >= 0.6 is 0 Å². The summed E-state index contributed by atoms with van der Waals surface area (Å²) in [6, 6.07) is -0.805. The molecule has 0 unspecified atom stereocenters. The second-order valence-electron chi connectivity index (χ2n) is 2.14. The third-order valence-corrected chi connectivity index (χ3v) is 1.28. The summed E-state index contributed by atoms with van der Waals surface area (Å²) in [4.78, 5) is 32.3. The molecule has 1 heterocycles. The maximum atomic E-state index is 10.9. The van der Waals surface area contributed by atoms with Crippen molar-refractivity contribution in [3.8, 4) is 0 Å². The van der Waals surface area contributed by atoms with Crippen LogP contribution in [0.5, 0.6) is 0 Å². The van der Waals surface area contributed by atoms with Gasteiger partial charge in [-0.3, -0.25) is 20.2 Å². The van der Waals surface area contributed by atoms with Gasteiger partial charge < -0.3 is 4.74 Å². The highest BCUT2D eigenvalue weighted by Crippen LogP contribution is 1.96. The van der Waals surface area contributed by atoms with Gasteiger partial charge in [-0.2, -0.15) is 0 Å². The van der Waals surface area contributed by atoms with Crippen molar-refractivity contribution in [2.45, 2.75) is 13.0 Å². The van der Waals surface area contributed by atoms with Crippen LogP contribution in [-0.4, -0.2) is 30.6 Å². The lowest BCUT2D eigenvalue weighted by molar-refractivity contribution is -0.145. The fourth-order valence-electron chi connectivity index (χ4n) is 0.823. The molecule has 0 aromatic heterocycles. The first-order valence-electron chi connectivity index (χ1n) is 3.42. The summed E-state index contributed by atoms with van der Waals surface area (Å²) in [6.45, 7) is 1.89. The summed E-state index contributed by atoms with van der Waals surface area (Å²) in [5, 5.41) is 3.82. The Hall–Kier alpha value is -1.43. The number of urea groups is 1. The van der Waals surface area contributed by atoms with Crippen molar-refractivity contribution in [1.29, 1.82) is 0 Å². The molecule has 0 bridgehead atoms. The van der Waals surface area contributed by atoms with E-state index in [1.807, 2.05) is 10.6 Å². The lowest BCUT2D eigenvalue weighted by Crippen LogP contribution is -2.59. The molecule has 1 aliphatic rings. The zero-order valence-electron chi connectivity index (χ0n) is 6.42. The second kappa shape index (κ2) is 3.31. The second-order valence-corrected chi connectivity index (χ2v) is 2.14. The number of amides is 4. The molecule has 12 heavy (non-hydrogen) atoms. The first-order chi connectivity index (χ1) is 5.65. The standard InChI is InChI=1S/C6H8N2O4/c1-2-12-3-4(9)7-6(11)8-5(3)10/h3H,2H2,1H3,(H2,7,8,9,10,11). The summed E-state index contributed by atoms with van der Waals surface area (Å²) in [5.74, 6) is -1.43. The molecule has 4 amide bonds. The molecule has 0 saturated carbocycles. The van der Waals surface area contributed by atoms with Gasteiger partial charge in [0, 0.05) is 6.61 Å². The Labute approximate surface area is 68.3 Å². The van der Waals surface area contributed by atoms with Crippen LogP contribution in [0.1, 0.15) is 6.92 Å². The van der Waals surface area contributed by atoms with E-state index in [0.717, 1.165) is 0 Å². The van der Waals surface area contributed by atoms with E-state index in [1.54, 1.807) is 6.92 Å². The number of ether oxygens (including phenoxy) is 1. The number of hydrogen-bond acceptors (Lipinski definition) is 4. The number of rotatable bonds is 2. The quantitative estimate of drug-likeness (QED) is 0.510. The number of nitrogens with one attached hydrogen (secondary N) is 2. The first kappa shape index (κ1) is 8.66. The summed E-state index contributed by atoms with van der Waals surface area (Å²) in [7, 11) is 0. The zero-order valence-corrected chi connectivity index (χ0v) is 6.42. The van der Waals surface area contributed by atoms with Gasteiger partial charge in [0.1, 0.15) is 0 Å². The highest BCUT2D eigenvalue weighted by Gasteiger charge is 2.34. The van der Waals surface area contributed by atoms with Crippen molar-refractivity contribution >= 4 is 17.8 Å². The molecule has 0 aliphatic carbocycles. The number of carbonyl (C=O) groups is 3. The molecule has 0 radical (unpaired) electrons. The normalized spacial score (nSPS) is 18.9. The molecule has 0 aromatic rings. The molecular formula is C6H8N2O4. The fraction of sp³-hybridized carbons (Fsp3) is 0.500. The Balaban J connectivity index is 2.67. The Morgan fingerprint density at radius 3 is 2.17 bits per heavy atom. The molecule has 1 saturated heterocycles. The van der Waals surface area contributed by atoms with E-state index < -0.39 is 23.9 Å². The van der Waals surface area contributed by atoms with Crippen molar-refractivity contribution in [1.82, 2.24) is 10.6 Å². The molecule has 66 valence electrons. The average molecular weight is 172 g/mol. The smallest absolute Gasteiger partial charge is 0.328 e. The monoisotopic (exact) mass is 172 g/mol. The van der Waals surface area contributed by atoms with Gasteiger partial charge in [0.05, 0.1) is 0 Å². The Morgan fingerprint density at radius 1 is 1.25 bits per heavy atom. The van der Waals surface area contributed by atoms with Crippen molar-refractivity contribution in [3.63, 3.8) is 0 Å². The van der Waals surface area contributed by atoms with Crippen LogP contribution in [0.25, 0.3) is 0 Å². The van der Waals surface area contributed by atoms with Gasteiger partial charge in [-0.25, -0.2) is 4.79 Å². The Morgan fingerprint density at radius 2 is 1.75 bits per heavy atom. The van der Waals surface area contributed by atoms with E-state index in [-0.39, 0.29) is 6.61 Å². The maximum absolute atomic E-state index is 10.9. The third kappa shape index (κ3) is 1.59. The van der Waals surface area contributed by atoms with Gasteiger partial charge in [0.15, 0.2) is 0 Å². The zero-order chi connectivity index (χ0) is 9.14.